The first-order chi connectivity index (χ1) is 8.96. The van der Waals surface area contributed by atoms with E-state index in [2.05, 4.69) is 23.0 Å². The highest BCUT2D eigenvalue weighted by Gasteiger charge is 2.39. The molecule has 1 saturated heterocycles. The predicted molar refractivity (Wildman–Crippen MR) is 75.9 cm³/mol. The molecule has 4 nitrogen and oxygen atoms in total. The van der Waals surface area contributed by atoms with E-state index in [1.54, 1.807) is 16.2 Å². The lowest BCUT2D eigenvalue weighted by Gasteiger charge is -2.31. The quantitative estimate of drug-likeness (QED) is 0.921. The molecule has 1 unspecified atom stereocenters. The zero-order chi connectivity index (χ0) is 14.0. The van der Waals surface area contributed by atoms with Gasteiger partial charge in [0.05, 0.1) is 0 Å². The zero-order valence-electron chi connectivity index (χ0n) is 11.7. The molecule has 1 fully saturated rings. The van der Waals surface area contributed by atoms with E-state index in [4.69, 9.17) is 0 Å². The first-order valence-corrected chi connectivity index (χ1v) is 7.52. The summed E-state index contributed by atoms with van der Waals surface area (Å²) in [6.45, 7) is 6.88. The van der Waals surface area contributed by atoms with E-state index in [9.17, 15) is 9.59 Å². The normalized spacial score (nSPS) is 24.3. The third-order valence-corrected chi connectivity index (χ3v) is 4.72. The summed E-state index contributed by atoms with van der Waals surface area (Å²) in [5.74, 6) is -0.0197. The van der Waals surface area contributed by atoms with Gasteiger partial charge in [-0.15, -0.1) is 0 Å². The SMILES string of the molecule is CCC1(C)NC(=O)CCN(Cc2cscc2C)C1=O. The van der Waals surface area contributed by atoms with E-state index in [0.717, 1.165) is 0 Å². The van der Waals surface area contributed by atoms with Crippen LogP contribution in [0.5, 0.6) is 0 Å². The number of aryl methyl sites for hydroxylation is 1. The number of nitrogens with one attached hydrogen (secondary N) is 1. The van der Waals surface area contributed by atoms with Gasteiger partial charge in [-0.2, -0.15) is 11.3 Å². The molecule has 0 radical (unpaired) electrons. The summed E-state index contributed by atoms with van der Waals surface area (Å²) in [6.07, 6.45) is 0.987. The highest BCUT2D eigenvalue weighted by Crippen LogP contribution is 2.22. The molecule has 0 saturated carbocycles. The molecule has 1 atom stereocenters. The number of amides is 2. The van der Waals surface area contributed by atoms with Crippen LogP contribution >= 0.6 is 11.3 Å². The average Bonchev–Trinajstić information content (AvgIpc) is 2.74. The summed E-state index contributed by atoms with van der Waals surface area (Å²) in [6, 6.07) is 0. The van der Waals surface area contributed by atoms with Gasteiger partial charge in [-0.25, -0.2) is 0 Å². The van der Waals surface area contributed by atoms with Crippen molar-refractivity contribution in [1.29, 1.82) is 0 Å². The van der Waals surface area contributed by atoms with Gasteiger partial charge < -0.3 is 10.2 Å². The largest absolute Gasteiger partial charge is 0.342 e. The van der Waals surface area contributed by atoms with E-state index < -0.39 is 5.54 Å². The Balaban J connectivity index is 2.22. The molecule has 1 aromatic heterocycles. The highest BCUT2D eigenvalue weighted by molar-refractivity contribution is 7.08. The van der Waals surface area contributed by atoms with E-state index >= 15 is 0 Å². The van der Waals surface area contributed by atoms with Crippen LogP contribution in [-0.4, -0.2) is 28.8 Å². The minimum absolute atomic E-state index is 0.0199. The third kappa shape index (κ3) is 2.81. The molecule has 2 rings (SSSR count). The number of nitrogens with zero attached hydrogens (tertiary/aromatic N) is 1. The van der Waals surface area contributed by atoms with Crippen molar-refractivity contribution in [3.8, 4) is 0 Å². The Morgan fingerprint density at radius 1 is 1.42 bits per heavy atom. The van der Waals surface area contributed by atoms with Crippen LogP contribution in [-0.2, 0) is 16.1 Å². The lowest BCUT2D eigenvalue weighted by molar-refractivity contribution is -0.138. The van der Waals surface area contributed by atoms with Gasteiger partial charge in [0.1, 0.15) is 5.54 Å². The van der Waals surface area contributed by atoms with E-state index in [0.29, 0.717) is 25.9 Å². The van der Waals surface area contributed by atoms with Crippen LogP contribution in [0.1, 0.15) is 37.8 Å². The topological polar surface area (TPSA) is 49.4 Å². The molecule has 104 valence electrons. The standard InChI is InChI=1S/C14H20N2O2S/c1-4-14(3)13(18)16(6-5-12(17)15-14)7-11-9-19-8-10(11)2/h8-9H,4-7H2,1-3H3,(H,15,17). The van der Waals surface area contributed by atoms with Crippen LogP contribution in [0.4, 0.5) is 0 Å². The van der Waals surface area contributed by atoms with Crippen LogP contribution in [0.25, 0.3) is 0 Å². The predicted octanol–water partition coefficient (Wildman–Crippen LogP) is 2.07. The third-order valence-electron chi connectivity index (χ3n) is 3.81. The van der Waals surface area contributed by atoms with Crippen molar-refractivity contribution in [2.75, 3.05) is 6.54 Å². The van der Waals surface area contributed by atoms with E-state index in [-0.39, 0.29) is 11.8 Å². The Morgan fingerprint density at radius 3 is 2.74 bits per heavy atom. The van der Waals surface area contributed by atoms with Crippen molar-refractivity contribution in [2.24, 2.45) is 0 Å². The number of carbonyl (C=O) groups is 2. The van der Waals surface area contributed by atoms with Crippen LogP contribution in [0.3, 0.4) is 0 Å². The molecule has 1 N–H and O–H groups in total. The second kappa shape index (κ2) is 5.33. The summed E-state index contributed by atoms with van der Waals surface area (Å²) in [7, 11) is 0. The summed E-state index contributed by atoms with van der Waals surface area (Å²) in [5.41, 5.74) is 1.61. The Kier molecular flexibility index (Phi) is 3.94. The minimum atomic E-state index is -0.766. The maximum atomic E-state index is 12.6. The molecule has 2 heterocycles. The molecule has 1 aliphatic rings. The van der Waals surface area contributed by atoms with Crippen molar-refractivity contribution in [3.63, 3.8) is 0 Å². The lowest BCUT2D eigenvalue weighted by atomic mass is 9.97. The van der Waals surface area contributed by atoms with Crippen molar-refractivity contribution >= 4 is 23.2 Å². The molecule has 1 aliphatic heterocycles. The van der Waals surface area contributed by atoms with E-state index in [1.807, 2.05) is 13.8 Å². The fourth-order valence-electron chi connectivity index (χ4n) is 2.26. The Labute approximate surface area is 117 Å². The van der Waals surface area contributed by atoms with Crippen molar-refractivity contribution in [2.45, 2.75) is 45.7 Å². The average molecular weight is 280 g/mol. The Bertz CT molecular complexity index is 497. The number of hydrogen-bond acceptors (Lipinski definition) is 3. The molecule has 2 amide bonds. The number of thiophene rings is 1. The Morgan fingerprint density at radius 2 is 2.16 bits per heavy atom. The first kappa shape index (κ1) is 14.1. The summed E-state index contributed by atoms with van der Waals surface area (Å²) in [5, 5.41) is 7.01. The number of carbonyl (C=O) groups excluding carboxylic acids is 2. The fourth-order valence-corrected chi connectivity index (χ4v) is 3.10. The first-order valence-electron chi connectivity index (χ1n) is 6.58. The molecular weight excluding hydrogens is 260 g/mol. The lowest BCUT2D eigenvalue weighted by Crippen LogP contribution is -2.54. The highest BCUT2D eigenvalue weighted by atomic mass is 32.1. The molecule has 19 heavy (non-hydrogen) atoms. The number of hydrogen-bond donors (Lipinski definition) is 1. The van der Waals surface area contributed by atoms with Gasteiger partial charge in [-0.1, -0.05) is 6.92 Å². The zero-order valence-corrected chi connectivity index (χ0v) is 12.5. The van der Waals surface area contributed by atoms with Crippen LogP contribution in [0, 0.1) is 6.92 Å². The van der Waals surface area contributed by atoms with Crippen molar-refractivity contribution in [1.82, 2.24) is 10.2 Å². The Hall–Kier alpha value is -1.36. The van der Waals surface area contributed by atoms with Crippen molar-refractivity contribution < 1.29 is 9.59 Å². The van der Waals surface area contributed by atoms with Crippen LogP contribution in [0.15, 0.2) is 10.8 Å². The van der Waals surface area contributed by atoms with Gasteiger partial charge in [-0.05, 0) is 42.2 Å². The molecular formula is C14H20N2O2S. The number of rotatable bonds is 3. The maximum absolute atomic E-state index is 12.6. The maximum Gasteiger partial charge on any atom is 0.248 e. The molecule has 5 heteroatoms. The fraction of sp³-hybridized carbons (Fsp3) is 0.571. The monoisotopic (exact) mass is 280 g/mol. The van der Waals surface area contributed by atoms with Gasteiger partial charge in [0.2, 0.25) is 11.8 Å². The van der Waals surface area contributed by atoms with Gasteiger partial charge >= 0.3 is 0 Å². The minimum Gasteiger partial charge on any atom is -0.342 e. The summed E-state index contributed by atoms with van der Waals surface area (Å²) in [4.78, 5) is 26.1. The van der Waals surface area contributed by atoms with Crippen LogP contribution in [0.2, 0.25) is 0 Å². The molecule has 0 aliphatic carbocycles. The smallest absolute Gasteiger partial charge is 0.248 e. The van der Waals surface area contributed by atoms with Crippen LogP contribution < -0.4 is 5.32 Å². The summed E-state index contributed by atoms with van der Waals surface area (Å²) >= 11 is 1.65. The second-order valence-electron chi connectivity index (χ2n) is 5.29. The van der Waals surface area contributed by atoms with Gasteiger partial charge in [-0.3, -0.25) is 9.59 Å². The molecule has 1 aromatic rings. The second-order valence-corrected chi connectivity index (χ2v) is 6.03. The van der Waals surface area contributed by atoms with Gasteiger partial charge in [0, 0.05) is 19.5 Å². The molecule has 0 aromatic carbocycles. The molecule has 0 spiro atoms. The van der Waals surface area contributed by atoms with Gasteiger partial charge in [0.15, 0.2) is 0 Å². The van der Waals surface area contributed by atoms with Crippen molar-refractivity contribution in [3.05, 3.63) is 21.9 Å². The molecule has 0 bridgehead atoms. The van der Waals surface area contributed by atoms with E-state index in [1.165, 1.54) is 11.1 Å². The van der Waals surface area contributed by atoms with Gasteiger partial charge in [0.25, 0.3) is 0 Å². The summed E-state index contributed by atoms with van der Waals surface area (Å²) < 4.78 is 0.